The Balaban J connectivity index is 1.46. The molecule has 1 saturated carbocycles. The number of carbonyl (C=O) groups is 1. The molecule has 2 aromatic rings. The van der Waals surface area contributed by atoms with Crippen molar-refractivity contribution in [3.63, 3.8) is 0 Å². The first kappa shape index (κ1) is 24.9. The number of hydrogen-bond acceptors (Lipinski definition) is 4. The molecule has 5 nitrogen and oxygen atoms in total. The molecule has 0 bridgehead atoms. The van der Waals surface area contributed by atoms with Gasteiger partial charge in [-0.3, -0.25) is 9.69 Å². The molecule has 2 aromatic carbocycles. The van der Waals surface area contributed by atoms with Crippen LogP contribution in [-0.2, 0) is 4.79 Å². The van der Waals surface area contributed by atoms with E-state index in [4.69, 9.17) is 6.58 Å². The van der Waals surface area contributed by atoms with Crippen molar-refractivity contribution in [3.05, 3.63) is 66.2 Å². The van der Waals surface area contributed by atoms with E-state index in [9.17, 15) is 4.79 Å². The summed E-state index contributed by atoms with van der Waals surface area (Å²) in [6.07, 6.45) is 8.23. The van der Waals surface area contributed by atoms with Gasteiger partial charge in [0.25, 0.3) is 0 Å². The van der Waals surface area contributed by atoms with Gasteiger partial charge in [0.2, 0.25) is 5.91 Å². The molecular weight excluding hydrogens is 444 g/mol. The standard InChI is InChI=1S/C31H42N4O/c1-3-17-33-20-21-35(30(23-33)25-11-7-6-8-12-25)24(2)28-16-15-27(32-31(36)26-13-14-26)22-29(28)34-18-9-4-5-10-19-34/h6-8,11-12,15-16,22,26,30H,2-5,9-10,13-14,17-21,23H2,1H3,(H,32,36). The summed E-state index contributed by atoms with van der Waals surface area (Å²) in [6.45, 7) is 13.3. The van der Waals surface area contributed by atoms with E-state index in [2.05, 4.69) is 75.5 Å². The first-order valence-corrected chi connectivity index (χ1v) is 14.1. The summed E-state index contributed by atoms with van der Waals surface area (Å²) in [4.78, 5) is 20.2. The molecule has 1 unspecified atom stereocenters. The third kappa shape index (κ3) is 5.78. The Morgan fingerprint density at radius 3 is 2.42 bits per heavy atom. The number of hydrogen-bond donors (Lipinski definition) is 1. The Hall–Kier alpha value is -2.79. The van der Waals surface area contributed by atoms with Crippen LogP contribution in [0, 0.1) is 5.92 Å². The highest BCUT2D eigenvalue weighted by molar-refractivity contribution is 5.95. The van der Waals surface area contributed by atoms with E-state index < -0.39 is 0 Å². The van der Waals surface area contributed by atoms with Crippen LogP contribution in [0.2, 0.25) is 0 Å². The van der Waals surface area contributed by atoms with E-state index in [1.165, 1.54) is 48.9 Å². The second kappa shape index (κ2) is 11.5. The first-order chi connectivity index (χ1) is 17.6. The van der Waals surface area contributed by atoms with Gasteiger partial charge in [0.15, 0.2) is 0 Å². The number of nitrogens with zero attached hydrogens (tertiary/aromatic N) is 3. The molecule has 2 heterocycles. The Labute approximate surface area is 217 Å². The first-order valence-electron chi connectivity index (χ1n) is 14.1. The van der Waals surface area contributed by atoms with Gasteiger partial charge in [-0.25, -0.2) is 0 Å². The zero-order chi connectivity index (χ0) is 24.9. The average Bonchev–Trinajstić information content (AvgIpc) is 3.77. The van der Waals surface area contributed by atoms with Gasteiger partial charge in [0, 0.05) is 61.3 Å². The zero-order valence-corrected chi connectivity index (χ0v) is 21.9. The largest absolute Gasteiger partial charge is 0.371 e. The van der Waals surface area contributed by atoms with Gasteiger partial charge in [-0.1, -0.05) is 56.7 Å². The van der Waals surface area contributed by atoms with Crippen molar-refractivity contribution in [2.45, 2.75) is 57.9 Å². The highest BCUT2D eigenvalue weighted by atomic mass is 16.2. The maximum atomic E-state index is 12.5. The van der Waals surface area contributed by atoms with Crippen LogP contribution in [0.1, 0.15) is 69.0 Å². The van der Waals surface area contributed by atoms with Gasteiger partial charge in [-0.05, 0) is 62.4 Å². The molecule has 1 aliphatic carbocycles. The number of benzene rings is 2. The van der Waals surface area contributed by atoms with E-state index in [1.54, 1.807) is 0 Å². The third-order valence-corrected chi connectivity index (χ3v) is 8.01. The van der Waals surface area contributed by atoms with Crippen LogP contribution in [-0.4, -0.2) is 55.0 Å². The summed E-state index contributed by atoms with van der Waals surface area (Å²) < 4.78 is 0. The van der Waals surface area contributed by atoms with Gasteiger partial charge in [-0.2, -0.15) is 0 Å². The van der Waals surface area contributed by atoms with Crippen molar-refractivity contribution in [2.75, 3.05) is 49.5 Å². The summed E-state index contributed by atoms with van der Waals surface area (Å²) in [5, 5.41) is 3.18. The van der Waals surface area contributed by atoms with Gasteiger partial charge in [-0.15, -0.1) is 0 Å². The summed E-state index contributed by atoms with van der Waals surface area (Å²) in [6, 6.07) is 17.7. The molecule has 192 valence electrons. The summed E-state index contributed by atoms with van der Waals surface area (Å²) in [7, 11) is 0. The lowest BCUT2D eigenvalue weighted by molar-refractivity contribution is -0.117. The average molecular weight is 487 g/mol. The Kier molecular flexibility index (Phi) is 7.96. The van der Waals surface area contributed by atoms with Crippen LogP contribution in [0.25, 0.3) is 5.70 Å². The number of carbonyl (C=O) groups excluding carboxylic acids is 1. The predicted octanol–water partition coefficient (Wildman–Crippen LogP) is 6.16. The number of amides is 1. The fourth-order valence-corrected chi connectivity index (χ4v) is 5.81. The van der Waals surface area contributed by atoms with Crippen LogP contribution in [0.15, 0.2) is 55.1 Å². The normalized spacial score (nSPS) is 21.2. The van der Waals surface area contributed by atoms with Crippen molar-refractivity contribution in [1.82, 2.24) is 9.80 Å². The van der Waals surface area contributed by atoms with E-state index in [1.807, 2.05) is 0 Å². The minimum Gasteiger partial charge on any atom is -0.371 e. The smallest absolute Gasteiger partial charge is 0.227 e. The van der Waals surface area contributed by atoms with E-state index in [-0.39, 0.29) is 17.9 Å². The lowest BCUT2D eigenvalue weighted by atomic mass is 9.98. The topological polar surface area (TPSA) is 38.8 Å². The van der Waals surface area contributed by atoms with Gasteiger partial charge >= 0.3 is 0 Å². The predicted molar refractivity (Wildman–Crippen MR) is 150 cm³/mol. The molecule has 3 fully saturated rings. The molecule has 0 spiro atoms. The molecule has 5 heteroatoms. The highest BCUT2D eigenvalue weighted by Gasteiger charge is 2.32. The van der Waals surface area contributed by atoms with Gasteiger partial charge < -0.3 is 15.1 Å². The molecule has 1 atom stereocenters. The highest BCUT2D eigenvalue weighted by Crippen LogP contribution is 2.38. The van der Waals surface area contributed by atoms with Crippen LogP contribution < -0.4 is 10.2 Å². The Morgan fingerprint density at radius 1 is 0.972 bits per heavy atom. The molecule has 2 aliphatic heterocycles. The molecule has 1 N–H and O–H groups in total. The monoisotopic (exact) mass is 486 g/mol. The fraction of sp³-hybridized carbons (Fsp3) is 0.516. The fourth-order valence-electron chi connectivity index (χ4n) is 5.81. The molecule has 5 rings (SSSR count). The van der Waals surface area contributed by atoms with Crippen molar-refractivity contribution in [3.8, 4) is 0 Å². The Bertz CT molecular complexity index is 1040. The van der Waals surface area contributed by atoms with Crippen molar-refractivity contribution < 1.29 is 4.79 Å². The van der Waals surface area contributed by atoms with E-state index in [0.717, 1.165) is 63.5 Å². The van der Waals surface area contributed by atoms with Crippen molar-refractivity contribution in [2.24, 2.45) is 5.92 Å². The summed E-state index contributed by atoms with van der Waals surface area (Å²) >= 11 is 0. The lowest BCUT2D eigenvalue weighted by Crippen LogP contribution is -2.47. The van der Waals surface area contributed by atoms with Crippen molar-refractivity contribution in [1.29, 1.82) is 0 Å². The number of piperazine rings is 1. The molecule has 0 radical (unpaired) electrons. The molecule has 2 saturated heterocycles. The van der Waals surface area contributed by atoms with Crippen LogP contribution >= 0.6 is 0 Å². The minimum absolute atomic E-state index is 0.166. The second-order valence-corrected chi connectivity index (χ2v) is 10.8. The summed E-state index contributed by atoms with van der Waals surface area (Å²) in [5.41, 5.74) is 5.78. The third-order valence-electron chi connectivity index (χ3n) is 8.01. The summed E-state index contributed by atoms with van der Waals surface area (Å²) in [5.74, 6) is 0.368. The zero-order valence-electron chi connectivity index (χ0n) is 21.9. The number of anilines is 2. The quantitative estimate of drug-likeness (QED) is 0.485. The molecule has 36 heavy (non-hydrogen) atoms. The number of rotatable bonds is 8. The second-order valence-electron chi connectivity index (χ2n) is 10.8. The van der Waals surface area contributed by atoms with Gasteiger partial charge in [0.05, 0.1) is 6.04 Å². The van der Waals surface area contributed by atoms with Gasteiger partial charge in [0.1, 0.15) is 0 Å². The molecule has 0 aromatic heterocycles. The van der Waals surface area contributed by atoms with Crippen molar-refractivity contribution >= 4 is 23.0 Å². The molecule has 3 aliphatic rings. The van der Waals surface area contributed by atoms with Crippen LogP contribution in [0.5, 0.6) is 0 Å². The van der Waals surface area contributed by atoms with E-state index >= 15 is 0 Å². The van der Waals surface area contributed by atoms with Crippen LogP contribution in [0.4, 0.5) is 11.4 Å². The lowest BCUT2D eigenvalue weighted by Gasteiger charge is -2.44. The number of nitrogens with one attached hydrogen (secondary N) is 1. The molecule has 1 amide bonds. The molecular formula is C31H42N4O. The minimum atomic E-state index is 0.166. The van der Waals surface area contributed by atoms with Crippen LogP contribution in [0.3, 0.4) is 0 Å². The van der Waals surface area contributed by atoms with E-state index in [0.29, 0.717) is 0 Å². The SMILES string of the molecule is C=C(c1ccc(NC(=O)C2CC2)cc1N1CCCCCC1)N1CCN(CCC)CC1c1ccccc1. The Morgan fingerprint density at radius 2 is 1.72 bits per heavy atom. The maximum absolute atomic E-state index is 12.5. The maximum Gasteiger partial charge on any atom is 0.227 e.